The number of nitrogens with zero attached hydrogens (tertiary/aromatic N) is 1. The zero-order chi connectivity index (χ0) is 19.9. The number of fused-ring (bicyclic) bond motifs is 1. The van der Waals surface area contributed by atoms with Crippen LogP contribution < -0.4 is 15.3 Å². The third-order valence-electron chi connectivity index (χ3n) is 4.91. The average Bonchev–Trinajstić information content (AvgIpc) is 2.70. The van der Waals surface area contributed by atoms with E-state index in [1.807, 2.05) is 6.92 Å². The van der Waals surface area contributed by atoms with Gasteiger partial charge in [0.15, 0.2) is 5.66 Å². The number of carbonyl (C=O) groups excluding carboxylic acids is 2. The first-order valence-corrected chi connectivity index (χ1v) is 9.08. The number of para-hydroxylation sites is 1. The summed E-state index contributed by atoms with van der Waals surface area (Å²) in [6.45, 7) is 1.83. The Balaban J connectivity index is 2.04. The maximum atomic E-state index is 13.5. The monoisotopic (exact) mass is 391 g/mol. The summed E-state index contributed by atoms with van der Waals surface area (Å²) in [7, 11) is 0. The minimum atomic E-state index is -1.93. The fourth-order valence-electron chi connectivity index (χ4n) is 3.47. The van der Waals surface area contributed by atoms with E-state index >= 15 is 0 Å². The molecular formula is C22H16ClN2O3-. The van der Waals surface area contributed by atoms with Gasteiger partial charge in [-0.3, -0.25) is 9.69 Å². The van der Waals surface area contributed by atoms with Crippen LogP contribution in [0.15, 0.2) is 72.8 Å². The largest absolute Gasteiger partial charge is 0.545 e. The van der Waals surface area contributed by atoms with E-state index in [9.17, 15) is 14.7 Å². The molecule has 3 aromatic carbocycles. The Morgan fingerprint density at radius 2 is 1.71 bits per heavy atom. The Kier molecular flexibility index (Phi) is 4.32. The minimum Gasteiger partial charge on any atom is -0.545 e. The van der Waals surface area contributed by atoms with E-state index in [1.165, 1.54) is 4.90 Å². The molecule has 0 bridgehead atoms. The Hall–Kier alpha value is -3.31. The molecule has 4 rings (SSSR count). The van der Waals surface area contributed by atoms with Crippen molar-refractivity contribution in [1.82, 2.24) is 0 Å². The second kappa shape index (κ2) is 6.69. The van der Waals surface area contributed by atoms with E-state index in [-0.39, 0.29) is 0 Å². The number of amides is 1. The first-order valence-electron chi connectivity index (χ1n) is 8.70. The molecule has 1 heterocycles. The number of halogens is 1. The maximum absolute atomic E-state index is 13.5. The van der Waals surface area contributed by atoms with Gasteiger partial charge in [0, 0.05) is 22.0 Å². The Bertz CT molecular complexity index is 1080. The van der Waals surface area contributed by atoms with Crippen LogP contribution in [0.4, 0.5) is 11.4 Å². The molecule has 0 spiro atoms. The van der Waals surface area contributed by atoms with Crippen LogP contribution >= 0.6 is 11.6 Å². The van der Waals surface area contributed by atoms with Crippen molar-refractivity contribution in [3.05, 3.63) is 94.5 Å². The van der Waals surface area contributed by atoms with Gasteiger partial charge in [-0.1, -0.05) is 60.1 Å². The molecule has 1 amide bonds. The van der Waals surface area contributed by atoms with Crippen molar-refractivity contribution < 1.29 is 14.7 Å². The van der Waals surface area contributed by atoms with Gasteiger partial charge in [0.1, 0.15) is 0 Å². The summed E-state index contributed by atoms with van der Waals surface area (Å²) in [5.41, 5.74) is 0.417. The summed E-state index contributed by atoms with van der Waals surface area (Å²) in [5.74, 6) is -1.90. The molecular weight excluding hydrogens is 376 g/mol. The number of aliphatic carboxylic acids is 1. The summed E-state index contributed by atoms with van der Waals surface area (Å²) in [6, 6.07) is 20.3. The maximum Gasteiger partial charge on any atom is 0.262 e. The van der Waals surface area contributed by atoms with Crippen molar-refractivity contribution in [2.24, 2.45) is 0 Å². The molecule has 0 aromatic heterocycles. The first-order chi connectivity index (χ1) is 13.4. The highest BCUT2D eigenvalue weighted by Crippen LogP contribution is 2.41. The third-order valence-corrected chi connectivity index (χ3v) is 5.32. The van der Waals surface area contributed by atoms with Crippen LogP contribution in [0.25, 0.3) is 0 Å². The van der Waals surface area contributed by atoms with E-state index in [0.29, 0.717) is 27.5 Å². The van der Waals surface area contributed by atoms with Crippen LogP contribution in [0.3, 0.4) is 0 Å². The zero-order valence-electron chi connectivity index (χ0n) is 15.0. The number of anilines is 2. The molecule has 5 nitrogen and oxygen atoms in total. The Morgan fingerprint density at radius 1 is 1.04 bits per heavy atom. The van der Waals surface area contributed by atoms with Gasteiger partial charge in [-0.2, -0.15) is 0 Å². The molecule has 1 N–H and O–H groups in total. The van der Waals surface area contributed by atoms with E-state index in [1.54, 1.807) is 72.8 Å². The number of hydrogen-bond acceptors (Lipinski definition) is 4. The predicted molar refractivity (Wildman–Crippen MR) is 106 cm³/mol. The zero-order valence-corrected chi connectivity index (χ0v) is 15.7. The number of carboxylic acids is 1. The highest BCUT2D eigenvalue weighted by Gasteiger charge is 2.48. The number of nitrogens with one attached hydrogen (secondary N) is 1. The minimum absolute atomic E-state index is 0.357. The summed E-state index contributed by atoms with van der Waals surface area (Å²) in [6.07, 6.45) is 0. The summed E-state index contributed by atoms with van der Waals surface area (Å²) < 4.78 is 0. The normalized spacial score (nSPS) is 18.4. The number of benzene rings is 3. The third kappa shape index (κ3) is 2.63. The fourth-order valence-corrected chi connectivity index (χ4v) is 3.65. The van der Waals surface area contributed by atoms with Gasteiger partial charge in [-0.15, -0.1) is 0 Å². The summed E-state index contributed by atoms with van der Waals surface area (Å²) in [5, 5.41) is 16.0. The molecule has 140 valence electrons. The fraction of sp³-hybridized carbons (Fsp3) is 0.0909. The standard InChI is InChI=1S/C22H17ClN2O3/c1-14-11-12-16(13-18(14)23)25-20(26)17-9-5-6-10-19(17)24-22(25,21(27)28)15-7-3-2-4-8-15/h2-13,24H,1H3,(H,27,28)/p-1/t22-/m0/s1. The van der Waals surface area contributed by atoms with Crippen molar-refractivity contribution in [1.29, 1.82) is 0 Å². The SMILES string of the molecule is Cc1ccc(N2C(=O)c3ccccc3N[C@@]2(C(=O)[O-])c2ccccc2)cc1Cl. The number of carboxylic acid groups (broad SMARTS) is 1. The van der Waals surface area contributed by atoms with Gasteiger partial charge in [0.25, 0.3) is 5.91 Å². The molecule has 1 aliphatic rings. The summed E-state index contributed by atoms with van der Waals surface area (Å²) in [4.78, 5) is 27.2. The smallest absolute Gasteiger partial charge is 0.262 e. The number of carbonyl (C=O) groups is 2. The van der Waals surface area contributed by atoms with Gasteiger partial charge in [-0.25, -0.2) is 0 Å². The molecule has 6 heteroatoms. The molecule has 0 saturated heterocycles. The highest BCUT2D eigenvalue weighted by atomic mass is 35.5. The number of hydrogen-bond donors (Lipinski definition) is 1. The lowest BCUT2D eigenvalue weighted by Crippen LogP contribution is -2.66. The number of aryl methyl sites for hydroxylation is 1. The van der Waals surface area contributed by atoms with Gasteiger partial charge >= 0.3 is 0 Å². The molecule has 0 fully saturated rings. The topological polar surface area (TPSA) is 72.5 Å². The molecule has 0 radical (unpaired) electrons. The van der Waals surface area contributed by atoms with Gasteiger partial charge in [0.05, 0.1) is 11.5 Å². The van der Waals surface area contributed by atoms with Gasteiger partial charge < -0.3 is 15.2 Å². The van der Waals surface area contributed by atoms with Crippen molar-refractivity contribution in [2.75, 3.05) is 10.2 Å². The van der Waals surface area contributed by atoms with Gasteiger partial charge in [-0.05, 0) is 36.8 Å². The van der Waals surface area contributed by atoms with E-state index < -0.39 is 17.5 Å². The Labute approximate surface area is 167 Å². The second-order valence-electron chi connectivity index (χ2n) is 6.61. The molecule has 0 aliphatic carbocycles. The van der Waals surface area contributed by atoms with Crippen molar-refractivity contribution in [2.45, 2.75) is 12.6 Å². The lowest BCUT2D eigenvalue weighted by atomic mass is 9.91. The van der Waals surface area contributed by atoms with Crippen molar-refractivity contribution in [3.63, 3.8) is 0 Å². The predicted octanol–water partition coefficient (Wildman–Crippen LogP) is 3.32. The van der Waals surface area contributed by atoms with Crippen LogP contribution in [0.5, 0.6) is 0 Å². The van der Waals surface area contributed by atoms with Crippen molar-refractivity contribution >= 4 is 34.9 Å². The Morgan fingerprint density at radius 3 is 2.39 bits per heavy atom. The molecule has 1 aliphatic heterocycles. The number of rotatable bonds is 3. The lowest BCUT2D eigenvalue weighted by Gasteiger charge is -2.49. The summed E-state index contributed by atoms with van der Waals surface area (Å²) >= 11 is 6.28. The van der Waals surface area contributed by atoms with Crippen LogP contribution in [-0.4, -0.2) is 11.9 Å². The average molecular weight is 392 g/mol. The van der Waals surface area contributed by atoms with Crippen LogP contribution in [0, 0.1) is 6.92 Å². The van der Waals surface area contributed by atoms with E-state index in [4.69, 9.17) is 11.6 Å². The molecule has 1 atom stereocenters. The lowest BCUT2D eigenvalue weighted by molar-refractivity contribution is -0.312. The van der Waals surface area contributed by atoms with E-state index in [2.05, 4.69) is 5.32 Å². The van der Waals surface area contributed by atoms with Crippen LogP contribution in [-0.2, 0) is 10.5 Å². The first kappa shape index (κ1) is 18.1. The van der Waals surface area contributed by atoms with Crippen LogP contribution in [0.2, 0.25) is 5.02 Å². The van der Waals surface area contributed by atoms with Gasteiger partial charge in [0.2, 0.25) is 0 Å². The second-order valence-corrected chi connectivity index (χ2v) is 7.02. The quantitative estimate of drug-likeness (QED) is 0.743. The highest BCUT2D eigenvalue weighted by molar-refractivity contribution is 6.31. The van der Waals surface area contributed by atoms with E-state index in [0.717, 1.165) is 5.56 Å². The van der Waals surface area contributed by atoms with Crippen molar-refractivity contribution in [3.8, 4) is 0 Å². The molecule has 3 aromatic rings. The van der Waals surface area contributed by atoms with Crippen LogP contribution in [0.1, 0.15) is 21.5 Å². The molecule has 28 heavy (non-hydrogen) atoms. The molecule has 0 saturated carbocycles. The molecule has 0 unspecified atom stereocenters.